The van der Waals surface area contributed by atoms with E-state index < -0.39 is 6.10 Å². The van der Waals surface area contributed by atoms with E-state index in [2.05, 4.69) is 22.9 Å². The fourth-order valence-electron chi connectivity index (χ4n) is 1.35. The summed E-state index contributed by atoms with van der Waals surface area (Å²) in [7, 11) is 0. The molecule has 2 heterocycles. The Balaban J connectivity index is 2.23. The van der Waals surface area contributed by atoms with Crippen LogP contribution in [0, 0.1) is 0 Å². The third-order valence-corrected chi connectivity index (χ3v) is 3.87. The molecule has 2 aromatic rings. The van der Waals surface area contributed by atoms with Gasteiger partial charge in [-0.1, -0.05) is 6.92 Å². The number of aliphatic hydroxyl groups excluding tert-OH is 1. The molecule has 0 spiro atoms. The van der Waals surface area contributed by atoms with Gasteiger partial charge in [-0.05, 0) is 46.6 Å². The van der Waals surface area contributed by atoms with Gasteiger partial charge in [-0.25, -0.2) is 0 Å². The molecule has 0 aromatic carbocycles. The molecule has 0 aliphatic rings. The highest BCUT2D eigenvalue weighted by Gasteiger charge is 2.16. The van der Waals surface area contributed by atoms with E-state index in [1.807, 2.05) is 12.1 Å². The van der Waals surface area contributed by atoms with Crippen LogP contribution >= 0.6 is 27.3 Å². The lowest BCUT2D eigenvalue weighted by Gasteiger charge is -2.03. The Bertz CT molecular complexity index is 447. The van der Waals surface area contributed by atoms with E-state index >= 15 is 0 Å². The largest absolute Gasteiger partial charge is 0.451 e. The van der Waals surface area contributed by atoms with Crippen LogP contribution in [0.5, 0.6) is 0 Å². The van der Waals surface area contributed by atoms with E-state index in [9.17, 15) is 5.11 Å². The molecule has 1 unspecified atom stereocenters. The molecule has 0 saturated heterocycles. The summed E-state index contributed by atoms with van der Waals surface area (Å²) in [6, 6.07) is 7.55. The quantitative estimate of drug-likeness (QED) is 0.932. The average molecular weight is 287 g/mol. The van der Waals surface area contributed by atoms with Crippen LogP contribution in [0.25, 0.3) is 0 Å². The summed E-state index contributed by atoms with van der Waals surface area (Å²) >= 11 is 4.84. The molecule has 0 saturated carbocycles. The van der Waals surface area contributed by atoms with Crippen molar-refractivity contribution < 1.29 is 9.52 Å². The Kier molecular flexibility index (Phi) is 3.29. The first-order valence-corrected chi connectivity index (χ1v) is 6.33. The number of aliphatic hydroxyl groups is 1. The minimum Gasteiger partial charge on any atom is -0.451 e. The molecule has 15 heavy (non-hydrogen) atoms. The van der Waals surface area contributed by atoms with Gasteiger partial charge in [0.05, 0.1) is 0 Å². The van der Waals surface area contributed by atoms with Crippen molar-refractivity contribution >= 4 is 27.3 Å². The van der Waals surface area contributed by atoms with Gasteiger partial charge in [0, 0.05) is 9.75 Å². The van der Waals surface area contributed by atoms with Gasteiger partial charge in [-0.2, -0.15) is 0 Å². The first-order valence-electron chi connectivity index (χ1n) is 4.72. The first-order chi connectivity index (χ1) is 7.20. The molecule has 1 atom stereocenters. The molecule has 0 amide bonds. The van der Waals surface area contributed by atoms with E-state index in [1.165, 1.54) is 4.88 Å². The predicted octanol–water partition coefficient (Wildman–Crippen LogP) is 3.75. The number of halogens is 1. The number of thiophene rings is 1. The lowest BCUT2D eigenvalue weighted by atomic mass is 10.2. The maximum Gasteiger partial charge on any atom is 0.169 e. The molecule has 0 fully saturated rings. The molecule has 2 rings (SSSR count). The van der Waals surface area contributed by atoms with Crippen molar-refractivity contribution in [3.05, 3.63) is 44.4 Å². The number of hydrogen-bond donors (Lipinski definition) is 1. The number of rotatable bonds is 3. The maximum atomic E-state index is 10.0. The summed E-state index contributed by atoms with van der Waals surface area (Å²) in [5, 5.41) is 10.0. The van der Waals surface area contributed by atoms with Crippen LogP contribution in [-0.2, 0) is 6.42 Å². The van der Waals surface area contributed by atoms with Crippen LogP contribution < -0.4 is 0 Å². The van der Waals surface area contributed by atoms with Gasteiger partial charge in [0.25, 0.3) is 0 Å². The first kappa shape index (κ1) is 10.9. The van der Waals surface area contributed by atoms with Crippen molar-refractivity contribution in [2.24, 2.45) is 0 Å². The Morgan fingerprint density at radius 2 is 2.20 bits per heavy atom. The van der Waals surface area contributed by atoms with E-state index in [-0.39, 0.29) is 0 Å². The van der Waals surface area contributed by atoms with Gasteiger partial charge in [-0.3, -0.25) is 0 Å². The predicted molar refractivity (Wildman–Crippen MR) is 64.2 cm³/mol. The summed E-state index contributed by atoms with van der Waals surface area (Å²) in [6.45, 7) is 2.10. The van der Waals surface area contributed by atoms with Crippen molar-refractivity contribution in [1.29, 1.82) is 0 Å². The lowest BCUT2D eigenvalue weighted by molar-refractivity contribution is 0.191. The van der Waals surface area contributed by atoms with E-state index in [1.54, 1.807) is 23.5 Å². The smallest absolute Gasteiger partial charge is 0.169 e. The molecule has 2 aromatic heterocycles. The van der Waals surface area contributed by atoms with Gasteiger partial charge in [-0.15, -0.1) is 11.3 Å². The normalized spacial score (nSPS) is 13.0. The second-order valence-electron chi connectivity index (χ2n) is 3.20. The van der Waals surface area contributed by atoms with Gasteiger partial charge < -0.3 is 9.52 Å². The van der Waals surface area contributed by atoms with Crippen LogP contribution in [0.3, 0.4) is 0 Å². The van der Waals surface area contributed by atoms with Crippen LogP contribution in [0.4, 0.5) is 0 Å². The molecule has 80 valence electrons. The minimum atomic E-state index is -0.651. The average Bonchev–Trinajstić information content (AvgIpc) is 2.84. The van der Waals surface area contributed by atoms with Gasteiger partial charge in [0.1, 0.15) is 11.9 Å². The number of aryl methyl sites for hydroxylation is 1. The van der Waals surface area contributed by atoms with Crippen LogP contribution in [0.2, 0.25) is 0 Å². The Morgan fingerprint density at radius 3 is 2.73 bits per heavy atom. The van der Waals surface area contributed by atoms with Crippen LogP contribution in [-0.4, -0.2) is 5.11 Å². The summed E-state index contributed by atoms with van der Waals surface area (Å²) in [5.41, 5.74) is 0. The van der Waals surface area contributed by atoms with Crippen LogP contribution in [0.1, 0.15) is 28.5 Å². The molecule has 0 bridgehead atoms. The number of hydrogen-bond acceptors (Lipinski definition) is 3. The molecule has 0 aliphatic carbocycles. The highest BCUT2D eigenvalue weighted by Crippen LogP contribution is 2.30. The second kappa shape index (κ2) is 4.51. The fourth-order valence-corrected chi connectivity index (χ4v) is 2.61. The topological polar surface area (TPSA) is 33.4 Å². The summed E-state index contributed by atoms with van der Waals surface area (Å²) in [6.07, 6.45) is 0.348. The lowest BCUT2D eigenvalue weighted by Crippen LogP contribution is -1.93. The zero-order valence-electron chi connectivity index (χ0n) is 8.24. The van der Waals surface area contributed by atoms with Gasteiger partial charge in [0.15, 0.2) is 4.67 Å². The monoisotopic (exact) mass is 286 g/mol. The summed E-state index contributed by atoms with van der Waals surface area (Å²) in [4.78, 5) is 2.20. The minimum absolute atomic E-state index is 0.575. The molecule has 4 heteroatoms. The fraction of sp³-hybridized carbons (Fsp3) is 0.273. The maximum absolute atomic E-state index is 10.0. The SMILES string of the molecule is CCc1ccc(C(O)c2ccc(Br)o2)s1. The second-order valence-corrected chi connectivity index (χ2v) is 5.18. The number of furan rings is 1. The molecular weight excluding hydrogens is 276 g/mol. The highest BCUT2D eigenvalue weighted by atomic mass is 79.9. The van der Waals surface area contributed by atoms with E-state index in [4.69, 9.17) is 4.42 Å². The molecule has 0 radical (unpaired) electrons. The molecule has 2 nitrogen and oxygen atoms in total. The molecule has 1 N–H and O–H groups in total. The summed E-state index contributed by atoms with van der Waals surface area (Å²) < 4.78 is 5.96. The molecular formula is C11H11BrO2S. The van der Waals surface area contributed by atoms with Crippen molar-refractivity contribution in [1.82, 2.24) is 0 Å². The zero-order valence-corrected chi connectivity index (χ0v) is 10.6. The molecule has 0 aliphatic heterocycles. The van der Waals surface area contributed by atoms with Crippen molar-refractivity contribution in [2.75, 3.05) is 0 Å². The third kappa shape index (κ3) is 2.33. The highest BCUT2D eigenvalue weighted by molar-refractivity contribution is 9.10. The van der Waals surface area contributed by atoms with E-state index in [0.717, 1.165) is 11.3 Å². The Hall–Kier alpha value is -0.580. The van der Waals surface area contributed by atoms with Crippen molar-refractivity contribution in [2.45, 2.75) is 19.4 Å². The van der Waals surface area contributed by atoms with Crippen LogP contribution in [0.15, 0.2) is 33.4 Å². The Morgan fingerprint density at radius 1 is 1.40 bits per heavy atom. The third-order valence-electron chi connectivity index (χ3n) is 2.16. The Labute approximate surface area is 101 Å². The van der Waals surface area contributed by atoms with Crippen molar-refractivity contribution in [3.8, 4) is 0 Å². The van der Waals surface area contributed by atoms with Gasteiger partial charge in [0.2, 0.25) is 0 Å². The van der Waals surface area contributed by atoms with Gasteiger partial charge >= 0.3 is 0 Å². The van der Waals surface area contributed by atoms with E-state index in [0.29, 0.717) is 10.4 Å². The summed E-state index contributed by atoms with van der Waals surface area (Å²) in [5.74, 6) is 0.575. The standard InChI is InChI=1S/C11H11BrO2S/c1-2-7-3-5-9(15-7)11(13)8-4-6-10(12)14-8/h3-6,11,13H,2H2,1H3. The van der Waals surface area contributed by atoms with Crippen molar-refractivity contribution in [3.63, 3.8) is 0 Å². The zero-order chi connectivity index (χ0) is 10.8.